The third-order valence-electron chi connectivity index (χ3n) is 3.19. The number of hydrogen-bond donors (Lipinski definition) is 0. The van der Waals surface area contributed by atoms with Crippen molar-refractivity contribution in [3.05, 3.63) is 71.1 Å². The second kappa shape index (κ2) is 6.54. The van der Waals surface area contributed by atoms with Crippen LogP contribution in [0.15, 0.2) is 54.7 Å². The zero-order valence-corrected chi connectivity index (χ0v) is 12.8. The molecule has 1 heterocycles. The van der Waals surface area contributed by atoms with Gasteiger partial charge in [0.05, 0.1) is 12.0 Å². The summed E-state index contributed by atoms with van der Waals surface area (Å²) in [7, 11) is 1.65. The van der Waals surface area contributed by atoms with Gasteiger partial charge >= 0.3 is 0 Å². The van der Waals surface area contributed by atoms with Crippen LogP contribution in [0.4, 0.5) is 4.39 Å². The van der Waals surface area contributed by atoms with E-state index in [9.17, 15) is 4.39 Å². The number of aromatic nitrogens is 1. The van der Waals surface area contributed by atoms with Crippen LogP contribution in [0.2, 0.25) is 0 Å². The molecule has 0 aliphatic heterocycles. The molecule has 0 radical (unpaired) electrons. The smallest absolute Gasteiger partial charge is 0.123 e. The van der Waals surface area contributed by atoms with Crippen LogP contribution in [-0.2, 0) is 0 Å². The van der Waals surface area contributed by atoms with E-state index in [0.29, 0.717) is 0 Å². The van der Waals surface area contributed by atoms with Gasteiger partial charge in [-0.1, -0.05) is 30.3 Å². The summed E-state index contributed by atoms with van der Waals surface area (Å²) in [6, 6.07) is 14.3. The highest BCUT2D eigenvalue weighted by Gasteiger charge is 2.02. The summed E-state index contributed by atoms with van der Waals surface area (Å²) in [6.07, 6.45) is 5.79. The van der Waals surface area contributed by atoms with Gasteiger partial charge in [0.2, 0.25) is 0 Å². The van der Waals surface area contributed by atoms with Gasteiger partial charge in [-0.3, -0.25) is 0 Å². The maximum absolute atomic E-state index is 12.9. The lowest BCUT2D eigenvalue weighted by Gasteiger charge is -1.98. The number of methoxy groups -OCH3 is 1. The number of nitrogens with zero attached hydrogens (tertiary/aromatic N) is 1. The van der Waals surface area contributed by atoms with E-state index in [-0.39, 0.29) is 5.82 Å². The van der Waals surface area contributed by atoms with E-state index in [1.54, 1.807) is 30.6 Å². The van der Waals surface area contributed by atoms with Gasteiger partial charge in [-0.05, 0) is 41.5 Å². The van der Waals surface area contributed by atoms with Crippen LogP contribution in [0.1, 0.15) is 10.6 Å². The molecular weight excluding hydrogens is 297 g/mol. The van der Waals surface area contributed by atoms with Crippen LogP contribution in [0.25, 0.3) is 22.6 Å². The molecule has 22 heavy (non-hydrogen) atoms. The molecule has 0 unspecified atom stereocenters. The zero-order valence-electron chi connectivity index (χ0n) is 12.0. The molecule has 0 aliphatic carbocycles. The van der Waals surface area contributed by atoms with E-state index >= 15 is 0 Å². The third kappa shape index (κ3) is 3.40. The van der Waals surface area contributed by atoms with Crippen molar-refractivity contribution < 1.29 is 9.13 Å². The largest absolute Gasteiger partial charge is 0.497 e. The maximum atomic E-state index is 12.9. The Morgan fingerprint density at radius 1 is 1.00 bits per heavy atom. The minimum absolute atomic E-state index is 0.229. The van der Waals surface area contributed by atoms with Crippen molar-refractivity contribution in [1.29, 1.82) is 0 Å². The Morgan fingerprint density at radius 2 is 1.73 bits per heavy atom. The number of ether oxygens (including phenoxy) is 1. The molecule has 0 amide bonds. The lowest BCUT2D eigenvalue weighted by Crippen LogP contribution is -1.81. The van der Waals surface area contributed by atoms with E-state index in [1.807, 2.05) is 42.6 Å². The van der Waals surface area contributed by atoms with Gasteiger partial charge in [-0.25, -0.2) is 9.37 Å². The van der Waals surface area contributed by atoms with Gasteiger partial charge in [0, 0.05) is 6.20 Å². The van der Waals surface area contributed by atoms with Crippen molar-refractivity contribution in [2.45, 2.75) is 0 Å². The lowest BCUT2D eigenvalue weighted by molar-refractivity contribution is 0.415. The zero-order chi connectivity index (χ0) is 15.4. The first-order valence-corrected chi connectivity index (χ1v) is 7.60. The summed E-state index contributed by atoms with van der Waals surface area (Å²) in [5, 5.41) is 0.912. The Bertz CT molecular complexity index is 776. The average molecular weight is 311 g/mol. The van der Waals surface area contributed by atoms with Crippen LogP contribution in [0.5, 0.6) is 5.75 Å². The molecule has 0 saturated carbocycles. The molecule has 0 atom stereocenters. The Labute approximate surface area is 132 Å². The maximum Gasteiger partial charge on any atom is 0.123 e. The molecular formula is C18H14FNOS. The van der Waals surface area contributed by atoms with Gasteiger partial charge in [0.25, 0.3) is 0 Å². The Hall–Kier alpha value is -2.46. The summed E-state index contributed by atoms with van der Waals surface area (Å²) in [6.45, 7) is 0. The lowest BCUT2D eigenvalue weighted by atomic mass is 10.2. The summed E-state index contributed by atoms with van der Waals surface area (Å²) in [5.74, 6) is 0.609. The molecule has 2 nitrogen and oxygen atoms in total. The normalized spacial score (nSPS) is 11.0. The molecule has 1 aromatic heterocycles. The monoisotopic (exact) mass is 311 g/mol. The fourth-order valence-corrected chi connectivity index (χ4v) is 2.82. The number of benzene rings is 2. The highest BCUT2D eigenvalue weighted by Crippen LogP contribution is 2.27. The summed E-state index contributed by atoms with van der Waals surface area (Å²) in [4.78, 5) is 5.40. The van der Waals surface area contributed by atoms with Crippen LogP contribution in [-0.4, -0.2) is 12.1 Å². The van der Waals surface area contributed by atoms with E-state index in [2.05, 4.69) is 4.98 Å². The topological polar surface area (TPSA) is 22.1 Å². The van der Waals surface area contributed by atoms with Gasteiger partial charge in [-0.2, -0.15) is 0 Å². The second-order valence-electron chi connectivity index (χ2n) is 4.68. The first-order valence-electron chi connectivity index (χ1n) is 6.78. The minimum atomic E-state index is -0.229. The van der Waals surface area contributed by atoms with Crippen molar-refractivity contribution >= 4 is 23.5 Å². The van der Waals surface area contributed by atoms with Crippen molar-refractivity contribution in [2.24, 2.45) is 0 Å². The fraction of sp³-hybridized carbons (Fsp3) is 0.0556. The molecule has 0 fully saturated rings. The fourth-order valence-electron chi connectivity index (χ4n) is 1.99. The van der Waals surface area contributed by atoms with E-state index in [0.717, 1.165) is 26.8 Å². The summed E-state index contributed by atoms with van der Waals surface area (Å²) >= 11 is 1.57. The highest BCUT2D eigenvalue weighted by atomic mass is 32.1. The summed E-state index contributed by atoms with van der Waals surface area (Å²) in [5.41, 5.74) is 2.06. The van der Waals surface area contributed by atoms with Crippen LogP contribution in [0, 0.1) is 5.82 Å². The molecule has 2 aromatic carbocycles. The Balaban J connectivity index is 1.75. The average Bonchev–Trinajstić information content (AvgIpc) is 3.03. The van der Waals surface area contributed by atoms with Crippen LogP contribution < -0.4 is 4.74 Å². The predicted molar refractivity (Wildman–Crippen MR) is 89.4 cm³/mol. The Kier molecular flexibility index (Phi) is 4.30. The van der Waals surface area contributed by atoms with Crippen molar-refractivity contribution in [3.8, 4) is 16.2 Å². The molecule has 0 aliphatic rings. The first-order chi connectivity index (χ1) is 10.7. The third-order valence-corrected chi connectivity index (χ3v) is 4.20. The van der Waals surface area contributed by atoms with E-state index in [1.165, 1.54) is 12.1 Å². The van der Waals surface area contributed by atoms with Crippen LogP contribution >= 0.6 is 11.3 Å². The standard InChI is InChI=1S/C18H14FNOS/c1-21-16-9-2-13(3-10-16)4-11-18-20-12-17(22-18)14-5-7-15(19)8-6-14/h2-12H,1H3/b11-4+. The molecule has 110 valence electrons. The molecule has 0 N–H and O–H groups in total. The van der Waals surface area contributed by atoms with E-state index < -0.39 is 0 Å². The molecule has 0 spiro atoms. The number of hydrogen-bond acceptors (Lipinski definition) is 3. The number of thiazole rings is 1. The SMILES string of the molecule is COc1ccc(/C=C/c2ncc(-c3ccc(F)cc3)s2)cc1. The molecule has 0 saturated heterocycles. The van der Waals surface area contributed by atoms with Gasteiger partial charge < -0.3 is 4.74 Å². The minimum Gasteiger partial charge on any atom is -0.497 e. The predicted octanol–water partition coefficient (Wildman–Crippen LogP) is 5.13. The first kappa shape index (κ1) is 14.5. The molecule has 3 aromatic rings. The van der Waals surface area contributed by atoms with Crippen molar-refractivity contribution in [1.82, 2.24) is 4.98 Å². The second-order valence-corrected chi connectivity index (χ2v) is 5.74. The van der Waals surface area contributed by atoms with Gasteiger partial charge in [0.15, 0.2) is 0 Å². The van der Waals surface area contributed by atoms with Gasteiger partial charge in [0.1, 0.15) is 16.6 Å². The van der Waals surface area contributed by atoms with Crippen molar-refractivity contribution in [2.75, 3.05) is 7.11 Å². The number of rotatable bonds is 4. The quantitative estimate of drug-likeness (QED) is 0.666. The van der Waals surface area contributed by atoms with Crippen LogP contribution in [0.3, 0.4) is 0 Å². The molecule has 4 heteroatoms. The highest BCUT2D eigenvalue weighted by molar-refractivity contribution is 7.16. The molecule has 3 rings (SSSR count). The Morgan fingerprint density at radius 3 is 2.41 bits per heavy atom. The summed E-state index contributed by atoms with van der Waals surface area (Å²) < 4.78 is 18.1. The molecule has 0 bridgehead atoms. The van der Waals surface area contributed by atoms with Gasteiger partial charge in [-0.15, -0.1) is 11.3 Å². The number of halogens is 1. The van der Waals surface area contributed by atoms with Crippen molar-refractivity contribution in [3.63, 3.8) is 0 Å². The van der Waals surface area contributed by atoms with E-state index in [4.69, 9.17) is 4.74 Å².